The highest BCUT2D eigenvalue weighted by molar-refractivity contribution is 5.63. The maximum Gasteiger partial charge on any atom is 0.233 e. The van der Waals surface area contributed by atoms with Crippen molar-refractivity contribution < 1.29 is 14.2 Å². The molecule has 26 heavy (non-hydrogen) atoms. The molecule has 1 fully saturated rings. The van der Waals surface area contributed by atoms with Crippen molar-refractivity contribution in [3.8, 4) is 11.9 Å². The van der Waals surface area contributed by atoms with Crippen molar-refractivity contribution in [2.24, 2.45) is 5.41 Å². The summed E-state index contributed by atoms with van der Waals surface area (Å²) >= 11 is 0. The number of halogens is 1. The van der Waals surface area contributed by atoms with Gasteiger partial charge < -0.3 is 14.7 Å². The zero-order chi connectivity index (χ0) is 18.6. The molecular formula is C20H22FN3O2. The lowest BCUT2D eigenvalue weighted by atomic mass is 9.75. The first-order valence-corrected chi connectivity index (χ1v) is 8.65. The van der Waals surface area contributed by atoms with Crippen LogP contribution in [0.3, 0.4) is 0 Å². The van der Waals surface area contributed by atoms with Crippen LogP contribution in [0, 0.1) is 22.6 Å². The molecule has 1 aromatic carbocycles. The fraction of sp³-hybridized carbons (Fsp3) is 0.400. The molecule has 1 atom stereocenters. The second-order valence-corrected chi connectivity index (χ2v) is 6.78. The van der Waals surface area contributed by atoms with Crippen molar-refractivity contribution in [3.05, 3.63) is 53.5 Å². The van der Waals surface area contributed by atoms with Crippen molar-refractivity contribution in [1.29, 1.82) is 5.26 Å². The van der Waals surface area contributed by atoms with Crippen molar-refractivity contribution in [3.63, 3.8) is 0 Å². The van der Waals surface area contributed by atoms with Gasteiger partial charge >= 0.3 is 0 Å². The van der Waals surface area contributed by atoms with Gasteiger partial charge in [-0.2, -0.15) is 5.26 Å². The predicted octanol–water partition coefficient (Wildman–Crippen LogP) is 2.92. The second kappa shape index (κ2) is 7.71. The molecule has 1 saturated heterocycles. The Hall–Kier alpha value is -2.65. The second-order valence-electron chi connectivity index (χ2n) is 6.78. The Kier molecular flexibility index (Phi) is 5.38. The summed E-state index contributed by atoms with van der Waals surface area (Å²) in [6.07, 6.45) is 3.72. The summed E-state index contributed by atoms with van der Waals surface area (Å²) < 4.78 is 19.3. The van der Waals surface area contributed by atoms with E-state index in [1.165, 1.54) is 13.2 Å². The Morgan fingerprint density at radius 2 is 2.19 bits per heavy atom. The molecule has 0 spiro atoms. The maximum atomic E-state index is 14.1. The van der Waals surface area contributed by atoms with E-state index >= 15 is 0 Å². The molecule has 2 heterocycles. The van der Waals surface area contributed by atoms with Crippen molar-refractivity contribution in [2.75, 3.05) is 31.7 Å². The van der Waals surface area contributed by atoms with E-state index in [0.717, 1.165) is 25.1 Å². The van der Waals surface area contributed by atoms with E-state index in [4.69, 9.17) is 4.74 Å². The number of aliphatic hydroxyl groups is 1. The zero-order valence-electron chi connectivity index (χ0n) is 14.8. The number of piperidine rings is 1. The number of hydrogen-bond donors (Lipinski definition) is 1. The third kappa shape index (κ3) is 3.49. The number of rotatable bonds is 5. The molecule has 1 N–H and O–H groups in total. The quantitative estimate of drug-likeness (QED) is 0.893. The summed E-state index contributed by atoms with van der Waals surface area (Å²) in [6.45, 7) is 1.27. The number of nitriles is 1. The Balaban J connectivity index is 1.91. The Labute approximate surface area is 152 Å². The number of nitrogens with zero attached hydrogens (tertiary/aromatic N) is 3. The van der Waals surface area contributed by atoms with Crippen molar-refractivity contribution in [2.45, 2.75) is 19.3 Å². The van der Waals surface area contributed by atoms with Crippen LogP contribution >= 0.6 is 0 Å². The van der Waals surface area contributed by atoms with Crippen LogP contribution < -0.4 is 9.64 Å². The minimum atomic E-state index is -0.455. The minimum absolute atomic E-state index is 0.0397. The predicted molar refractivity (Wildman–Crippen MR) is 96.6 cm³/mol. The first-order valence-electron chi connectivity index (χ1n) is 8.65. The molecule has 0 unspecified atom stereocenters. The number of benzene rings is 1. The maximum absolute atomic E-state index is 14.1. The summed E-state index contributed by atoms with van der Waals surface area (Å²) in [7, 11) is 1.49. The van der Waals surface area contributed by atoms with Gasteiger partial charge in [0.05, 0.1) is 19.4 Å². The number of ether oxygens (including phenoxy) is 1. The van der Waals surface area contributed by atoms with Gasteiger partial charge in [-0.3, -0.25) is 0 Å². The van der Waals surface area contributed by atoms with Crippen LogP contribution in [-0.4, -0.2) is 36.9 Å². The molecular weight excluding hydrogens is 333 g/mol. The highest BCUT2D eigenvalue weighted by Crippen LogP contribution is 2.37. The van der Waals surface area contributed by atoms with Gasteiger partial charge in [-0.05, 0) is 37.0 Å². The van der Waals surface area contributed by atoms with Crippen molar-refractivity contribution in [1.82, 2.24) is 4.98 Å². The van der Waals surface area contributed by atoms with Crippen LogP contribution in [0.25, 0.3) is 0 Å². The summed E-state index contributed by atoms with van der Waals surface area (Å²) in [4.78, 5) is 6.16. The van der Waals surface area contributed by atoms with E-state index in [9.17, 15) is 14.8 Å². The molecule has 6 heteroatoms. The van der Waals surface area contributed by atoms with E-state index in [2.05, 4.69) is 16.0 Å². The lowest BCUT2D eigenvalue weighted by molar-refractivity contribution is 0.104. The van der Waals surface area contributed by atoms with Gasteiger partial charge in [-0.15, -0.1) is 0 Å². The standard InChI is InChI=1S/C20H22FN3O2/c1-26-19-16(12-22)18(7-9-23-19)24-10-4-8-20(13-24,14-25)11-15-5-2-3-6-17(15)21/h2-3,5-7,9,25H,4,8,10-11,13-14H2,1H3/t20-/m0/s1. The third-order valence-corrected chi connectivity index (χ3v) is 5.06. The number of hydrogen-bond acceptors (Lipinski definition) is 5. The normalized spacial score (nSPS) is 19.8. The van der Waals surface area contributed by atoms with Crippen molar-refractivity contribution >= 4 is 5.69 Å². The Morgan fingerprint density at radius 3 is 2.88 bits per heavy atom. The van der Waals surface area contributed by atoms with E-state index in [1.54, 1.807) is 24.4 Å². The molecule has 0 saturated carbocycles. The molecule has 1 aliphatic heterocycles. The first-order chi connectivity index (χ1) is 12.6. The van der Waals surface area contributed by atoms with Gasteiger partial charge in [0.25, 0.3) is 0 Å². The lowest BCUT2D eigenvalue weighted by Gasteiger charge is -2.43. The molecule has 0 aliphatic carbocycles. The minimum Gasteiger partial charge on any atom is -0.480 e. The first kappa shape index (κ1) is 18.2. The molecule has 1 aromatic heterocycles. The van der Waals surface area contributed by atoms with Gasteiger partial charge in [-0.25, -0.2) is 9.37 Å². The summed E-state index contributed by atoms with van der Waals surface area (Å²) in [6, 6.07) is 10.6. The highest BCUT2D eigenvalue weighted by atomic mass is 19.1. The van der Waals surface area contributed by atoms with E-state index in [1.807, 2.05) is 6.07 Å². The van der Waals surface area contributed by atoms with Gasteiger partial charge in [0.1, 0.15) is 17.4 Å². The average Bonchev–Trinajstić information content (AvgIpc) is 2.69. The van der Waals surface area contributed by atoms with E-state index in [0.29, 0.717) is 30.0 Å². The van der Waals surface area contributed by atoms with Crippen LogP contribution in [0.5, 0.6) is 5.88 Å². The smallest absolute Gasteiger partial charge is 0.233 e. The van der Waals surface area contributed by atoms with E-state index in [-0.39, 0.29) is 12.4 Å². The molecule has 136 valence electrons. The fourth-order valence-electron chi connectivity index (χ4n) is 3.74. The fourth-order valence-corrected chi connectivity index (χ4v) is 3.74. The number of aromatic nitrogens is 1. The molecule has 0 radical (unpaired) electrons. The topological polar surface area (TPSA) is 69.4 Å². The average molecular weight is 355 g/mol. The monoisotopic (exact) mass is 355 g/mol. The molecule has 0 amide bonds. The molecule has 0 bridgehead atoms. The Morgan fingerprint density at radius 1 is 1.38 bits per heavy atom. The van der Waals surface area contributed by atoms with Crippen LogP contribution in [0.2, 0.25) is 0 Å². The highest BCUT2D eigenvalue weighted by Gasteiger charge is 2.36. The van der Waals surface area contributed by atoms with Crippen LogP contribution in [0.1, 0.15) is 24.0 Å². The lowest BCUT2D eigenvalue weighted by Crippen LogP contribution is -2.47. The summed E-state index contributed by atoms with van der Waals surface area (Å²) in [5, 5.41) is 19.7. The summed E-state index contributed by atoms with van der Waals surface area (Å²) in [5.41, 5.74) is 1.28. The number of pyridine rings is 1. The van der Waals surface area contributed by atoms with E-state index < -0.39 is 5.41 Å². The Bertz CT molecular complexity index is 821. The van der Waals surface area contributed by atoms with Gasteiger partial charge in [0.2, 0.25) is 5.88 Å². The van der Waals surface area contributed by atoms with Crippen LogP contribution in [0.15, 0.2) is 36.5 Å². The summed E-state index contributed by atoms with van der Waals surface area (Å²) in [5.74, 6) is 0.0417. The zero-order valence-corrected chi connectivity index (χ0v) is 14.8. The molecule has 5 nitrogen and oxygen atoms in total. The molecule has 3 rings (SSSR count). The third-order valence-electron chi connectivity index (χ3n) is 5.06. The number of methoxy groups -OCH3 is 1. The SMILES string of the molecule is COc1nccc(N2CCC[C@](CO)(Cc3ccccc3F)C2)c1C#N. The van der Waals surface area contributed by atoms with Gasteiger partial charge in [0, 0.05) is 24.7 Å². The van der Waals surface area contributed by atoms with Gasteiger partial charge in [-0.1, -0.05) is 18.2 Å². The van der Waals surface area contributed by atoms with Crippen LogP contribution in [-0.2, 0) is 6.42 Å². The molecule has 2 aromatic rings. The number of anilines is 1. The van der Waals surface area contributed by atoms with Crippen LogP contribution in [0.4, 0.5) is 10.1 Å². The largest absolute Gasteiger partial charge is 0.480 e. The number of aliphatic hydroxyl groups excluding tert-OH is 1. The van der Waals surface area contributed by atoms with Gasteiger partial charge in [0.15, 0.2) is 0 Å². The molecule has 1 aliphatic rings.